The molecule has 5 aromatic rings. The van der Waals surface area contributed by atoms with Gasteiger partial charge in [0.2, 0.25) is 0 Å². The third-order valence-corrected chi connectivity index (χ3v) is 5.90. The van der Waals surface area contributed by atoms with Crippen molar-refractivity contribution in [3.8, 4) is 11.3 Å². The van der Waals surface area contributed by atoms with E-state index in [0.717, 1.165) is 22.4 Å². The number of hydrogen-bond acceptors (Lipinski definition) is 3. The Morgan fingerprint density at radius 1 is 0.917 bits per heavy atom. The van der Waals surface area contributed by atoms with E-state index in [1.165, 1.54) is 31.3 Å². The van der Waals surface area contributed by atoms with Crippen molar-refractivity contribution in [1.82, 2.24) is 4.98 Å². The summed E-state index contributed by atoms with van der Waals surface area (Å²) >= 11 is 1.85. The lowest BCUT2D eigenvalue weighted by Gasteiger charge is -2.01. The summed E-state index contributed by atoms with van der Waals surface area (Å²) in [5.74, 6) is 0. The van der Waals surface area contributed by atoms with E-state index in [1.54, 1.807) is 0 Å². The Labute approximate surface area is 143 Å². The number of furan rings is 1. The fourth-order valence-electron chi connectivity index (χ4n) is 3.47. The molecule has 0 aliphatic carbocycles. The highest BCUT2D eigenvalue weighted by Gasteiger charge is 2.17. The topological polar surface area (TPSA) is 26.0 Å². The summed E-state index contributed by atoms with van der Waals surface area (Å²) in [7, 11) is 0. The Bertz CT molecular complexity index is 1210. The zero-order chi connectivity index (χ0) is 16.3. The van der Waals surface area contributed by atoms with Crippen molar-refractivity contribution in [2.24, 2.45) is 0 Å². The molecule has 0 saturated heterocycles. The predicted octanol–water partition coefficient (Wildman–Crippen LogP) is 6.48. The zero-order valence-electron chi connectivity index (χ0n) is 13.5. The van der Waals surface area contributed by atoms with Crippen molar-refractivity contribution in [3.63, 3.8) is 0 Å². The molecule has 3 aromatic heterocycles. The van der Waals surface area contributed by atoms with E-state index in [0.29, 0.717) is 0 Å². The van der Waals surface area contributed by atoms with Gasteiger partial charge in [0.1, 0.15) is 11.2 Å². The lowest BCUT2D eigenvalue weighted by Crippen LogP contribution is -1.82. The second-order valence-corrected chi connectivity index (χ2v) is 7.35. The first-order valence-corrected chi connectivity index (χ1v) is 8.81. The van der Waals surface area contributed by atoms with E-state index in [9.17, 15) is 0 Å². The highest BCUT2D eigenvalue weighted by molar-refractivity contribution is 7.19. The second-order valence-electron chi connectivity index (χ2n) is 6.09. The van der Waals surface area contributed by atoms with Crippen molar-refractivity contribution < 1.29 is 4.42 Å². The summed E-state index contributed by atoms with van der Waals surface area (Å²) < 4.78 is 7.60. The molecule has 3 heterocycles. The molecule has 2 aromatic carbocycles. The average molecular weight is 329 g/mol. The van der Waals surface area contributed by atoms with Crippen LogP contribution < -0.4 is 0 Å². The Kier molecular flexibility index (Phi) is 2.82. The number of para-hydroxylation sites is 1. The Balaban J connectivity index is 1.98. The molecule has 0 radical (unpaired) electrons. The standard InChI is InChI=1S/C21H15NOS/c1-12-13(2)24-18-10-9-17-20(19(12)18)15-7-5-6-14(21(15)23-17)16-8-3-4-11-22-16/h3-11H,1-2H3. The van der Waals surface area contributed by atoms with Crippen LogP contribution in [0.4, 0.5) is 0 Å². The van der Waals surface area contributed by atoms with Crippen LogP contribution in [0.25, 0.3) is 43.3 Å². The first-order chi connectivity index (χ1) is 11.7. The van der Waals surface area contributed by atoms with Crippen LogP contribution in [-0.4, -0.2) is 4.98 Å². The minimum Gasteiger partial charge on any atom is -0.455 e. The first kappa shape index (κ1) is 13.8. The summed E-state index contributed by atoms with van der Waals surface area (Å²) in [5, 5.41) is 3.72. The maximum absolute atomic E-state index is 6.27. The smallest absolute Gasteiger partial charge is 0.144 e. The maximum Gasteiger partial charge on any atom is 0.144 e. The highest BCUT2D eigenvalue weighted by atomic mass is 32.1. The molecule has 0 bridgehead atoms. The van der Waals surface area contributed by atoms with Gasteiger partial charge in [-0.2, -0.15) is 0 Å². The van der Waals surface area contributed by atoms with Crippen LogP contribution in [-0.2, 0) is 0 Å². The minimum absolute atomic E-state index is 0.918. The monoisotopic (exact) mass is 329 g/mol. The SMILES string of the molecule is Cc1sc2ccc3oc4c(-c5ccccn5)cccc4c3c2c1C. The number of aryl methyl sites for hydroxylation is 2. The molecule has 0 spiro atoms. The molecule has 0 atom stereocenters. The van der Waals surface area contributed by atoms with Crippen LogP contribution in [0.5, 0.6) is 0 Å². The second kappa shape index (κ2) is 4.92. The molecule has 0 aliphatic heterocycles. The van der Waals surface area contributed by atoms with Crippen LogP contribution in [0.2, 0.25) is 0 Å². The molecule has 0 aliphatic rings. The number of thiophene rings is 1. The summed E-state index contributed by atoms with van der Waals surface area (Å²) in [6.07, 6.45) is 1.82. The summed E-state index contributed by atoms with van der Waals surface area (Å²) in [6, 6.07) is 16.6. The quantitative estimate of drug-likeness (QED) is 0.352. The molecule has 0 N–H and O–H groups in total. The van der Waals surface area contributed by atoms with Gasteiger partial charge < -0.3 is 4.42 Å². The third kappa shape index (κ3) is 1.79. The van der Waals surface area contributed by atoms with Crippen LogP contribution in [0.1, 0.15) is 10.4 Å². The number of nitrogens with zero attached hydrogens (tertiary/aromatic N) is 1. The molecule has 0 amide bonds. The van der Waals surface area contributed by atoms with E-state index in [4.69, 9.17) is 4.42 Å². The van der Waals surface area contributed by atoms with Gasteiger partial charge in [-0.25, -0.2) is 0 Å². The number of benzene rings is 2. The molecule has 0 unspecified atom stereocenters. The molecule has 0 fully saturated rings. The maximum atomic E-state index is 6.27. The van der Waals surface area contributed by atoms with Crippen molar-refractivity contribution in [3.05, 3.63) is 65.2 Å². The third-order valence-electron chi connectivity index (χ3n) is 4.73. The zero-order valence-corrected chi connectivity index (χ0v) is 14.3. The molecule has 0 saturated carbocycles. The van der Waals surface area contributed by atoms with Crippen molar-refractivity contribution in [2.75, 3.05) is 0 Å². The number of aromatic nitrogens is 1. The van der Waals surface area contributed by atoms with Crippen molar-refractivity contribution in [2.45, 2.75) is 13.8 Å². The summed E-state index contributed by atoms with van der Waals surface area (Å²) in [4.78, 5) is 5.86. The van der Waals surface area contributed by atoms with Gasteiger partial charge in [0, 0.05) is 37.5 Å². The van der Waals surface area contributed by atoms with E-state index < -0.39 is 0 Å². The molecule has 5 rings (SSSR count). The van der Waals surface area contributed by atoms with Crippen molar-refractivity contribution >= 4 is 43.4 Å². The van der Waals surface area contributed by atoms with Crippen LogP contribution in [0, 0.1) is 13.8 Å². The van der Waals surface area contributed by atoms with E-state index in [-0.39, 0.29) is 0 Å². The lowest BCUT2D eigenvalue weighted by atomic mass is 10.0. The van der Waals surface area contributed by atoms with Gasteiger partial charge in [0.25, 0.3) is 0 Å². The molecule has 3 heteroatoms. The van der Waals surface area contributed by atoms with Crippen LogP contribution >= 0.6 is 11.3 Å². The van der Waals surface area contributed by atoms with Crippen molar-refractivity contribution in [1.29, 1.82) is 0 Å². The molecular formula is C21H15NOS. The average Bonchev–Trinajstić information content (AvgIpc) is 3.13. The molecule has 116 valence electrons. The largest absolute Gasteiger partial charge is 0.455 e. The molecule has 2 nitrogen and oxygen atoms in total. The van der Waals surface area contributed by atoms with E-state index >= 15 is 0 Å². The fraction of sp³-hybridized carbons (Fsp3) is 0.0952. The minimum atomic E-state index is 0.918. The van der Waals surface area contributed by atoms with E-state index in [2.05, 4.69) is 49.2 Å². The van der Waals surface area contributed by atoms with Gasteiger partial charge in [0.15, 0.2) is 0 Å². The number of fused-ring (bicyclic) bond motifs is 5. The Morgan fingerprint density at radius 2 is 1.83 bits per heavy atom. The fourth-order valence-corrected chi connectivity index (χ4v) is 4.55. The highest BCUT2D eigenvalue weighted by Crippen LogP contribution is 2.42. The summed E-state index contributed by atoms with van der Waals surface area (Å²) in [5.41, 5.74) is 5.20. The molecule has 24 heavy (non-hydrogen) atoms. The van der Waals surface area contributed by atoms with Gasteiger partial charge >= 0.3 is 0 Å². The number of pyridine rings is 1. The van der Waals surface area contributed by atoms with Gasteiger partial charge in [-0.05, 0) is 49.7 Å². The van der Waals surface area contributed by atoms with Gasteiger partial charge in [-0.3, -0.25) is 4.98 Å². The Morgan fingerprint density at radius 3 is 2.67 bits per heavy atom. The van der Waals surface area contributed by atoms with Crippen LogP contribution in [0.15, 0.2) is 59.1 Å². The van der Waals surface area contributed by atoms with Gasteiger partial charge in [0.05, 0.1) is 5.69 Å². The molecular weight excluding hydrogens is 314 g/mol. The lowest BCUT2D eigenvalue weighted by molar-refractivity contribution is 0.670. The number of rotatable bonds is 1. The van der Waals surface area contributed by atoms with Gasteiger partial charge in [-0.15, -0.1) is 11.3 Å². The van der Waals surface area contributed by atoms with Crippen LogP contribution in [0.3, 0.4) is 0 Å². The number of hydrogen-bond donors (Lipinski definition) is 0. The van der Waals surface area contributed by atoms with Gasteiger partial charge in [-0.1, -0.05) is 18.2 Å². The predicted molar refractivity (Wildman–Crippen MR) is 102 cm³/mol. The Hall–Kier alpha value is -2.65. The summed E-state index contributed by atoms with van der Waals surface area (Å²) in [6.45, 7) is 4.39. The normalized spacial score (nSPS) is 11.8. The van der Waals surface area contributed by atoms with E-state index in [1.807, 2.05) is 35.7 Å². The first-order valence-electron chi connectivity index (χ1n) is 7.99.